The van der Waals surface area contributed by atoms with Gasteiger partial charge in [-0.3, -0.25) is 4.90 Å². The Kier molecular flexibility index (Phi) is 3.73. The summed E-state index contributed by atoms with van der Waals surface area (Å²) in [4.78, 5) is 30.1. The van der Waals surface area contributed by atoms with Gasteiger partial charge in [0.2, 0.25) is 0 Å². The monoisotopic (exact) mass is 302 g/mol. The highest BCUT2D eigenvalue weighted by atomic mass is 16.5. The number of pyridine rings is 1. The van der Waals surface area contributed by atoms with Crippen LogP contribution in [0.15, 0.2) is 18.1 Å². The van der Waals surface area contributed by atoms with Crippen molar-refractivity contribution in [1.29, 1.82) is 0 Å². The molecule has 1 fully saturated rings. The fourth-order valence-electron chi connectivity index (χ4n) is 2.90. The highest BCUT2D eigenvalue weighted by Gasteiger charge is 2.28. The average molecular weight is 302 g/mol. The number of ether oxygens (including phenoxy) is 1. The zero-order valence-corrected chi connectivity index (χ0v) is 12.4. The number of amides is 2. The maximum absolute atomic E-state index is 11.4. The number of aryl methyl sites for hydroxylation is 1. The predicted molar refractivity (Wildman–Crippen MR) is 79.7 cm³/mol. The van der Waals surface area contributed by atoms with Crippen LogP contribution < -0.4 is 10.6 Å². The minimum Gasteiger partial charge on any atom is -0.469 e. The third-order valence-corrected chi connectivity index (χ3v) is 4.04. The molecule has 2 aliphatic rings. The van der Waals surface area contributed by atoms with E-state index >= 15 is 0 Å². The molecule has 7 nitrogen and oxygen atoms in total. The van der Waals surface area contributed by atoms with Crippen LogP contribution in [0, 0.1) is 0 Å². The Morgan fingerprint density at radius 2 is 2.41 bits per heavy atom. The first-order valence-corrected chi connectivity index (χ1v) is 7.29. The largest absolute Gasteiger partial charge is 0.469 e. The SMILES string of the molecule is CC1COC(=C=O)N1Cc1cnc2c(c1)CCCN2C(N)=O. The van der Waals surface area contributed by atoms with E-state index in [-0.39, 0.29) is 11.9 Å². The molecule has 1 atom stereocenters. The van der Waals surface area contributed by atoms with Gasteiger partial charge in [-0.25, -0.2) is 14.6 Å². The molecular formula is C15H18N4O3. The van der Waals surface area contributed by atoms with Gasteiger partial charge in [-0.2, -0.15) is 0 Å². The topological polar surface area (TPSA) is 88.8 Å². The highest BCUT2D eigenvalue weighted by Crippen LogP contribution is 2.27. The number of carbonyl (C=O) groups is 1. The molecule has 2 aliphatic heterocycles. The lowest BCUT2D eigenvalue weighted by Crippen LogP contribution is -2.40. The van der Waals surface area contributed by atoms with Crippen LogP contribution >= 0.6 is 0 Å². The summed E-state index contributed by atoms with van der Waals surface area (Å²) in [5.74, 6) is 2.71. The van der Waals surface area contributed by atoms with E-state index < -0.39 is 6.03 Å². The van der Waals surface area contributed by atoms with Crippen molar-refractivity contribution < 1.29 is 14.3 Å². The maximum atomic E-state index is 11.4. The van der Waals surface area contributed by atoms with Crippen molar-refractivity contribution in [3.8, 4) is 0 Å². The quantitative estimate of drug-likeness (QED) is 0.817. The second-order valence-corrected chi connectivity index (χ2v) is 5.61. The Hall–Kier alpha value is -2.53. The number of nitrogens with two attached hydrogens (primary N) is 1. The first-order valence-electron chi connectivity index (χ1n) is 7.29. The summed E-state index contributed by atoms with van der Waals surface area (Å²) in [6, 6.07) is 1.66. The molecule has 0 spiro atoms. The number of anilines is 1. The molecule has 1 unspecified atom stereocenters. The number of urea groups is 1. The molecule has 22 heavy (non-hydrogen) atoms. The number of hydrogen-bond donors (Lipinski definition) is 1. The Morgan fingerprint density at radius 3 is 3.14 bits per heavy atom. The number of rotatable bonds is 2. The van der Waals surface area contributed by atoms with Crippen LogP contribution in [0.3, 0.4) is 0 Å². The van der Waals surface area contributed by atoms with E-state index in [1.807, 2.05) is 23.8 Å². The van der Waals surface area contributed by atoms with E-state index in [9.17, 15) is 9.59 Å². The number of hydrogen-bond acceptors (Lipinski definition) is 5. The van der Waals surface area contributed by atoms with Gasteiger partial charge in [-0.05, 0) is 37.0 Å². The molecule has 1 aromatic rings. The molecule has 0 saturated carbocycles. The van der Waals surface area contributed by atoms with Crippen molar-refractivity contribution in [3.63, 3.8) is 0 Å². The zero-order valence-electron chi connectivity index (χ0n) is 12.4. The first-order chi connectivity index (χ1) is 10.6. The molecule has 0 radical (unpaired) electrons. The van der Waals surface area contributed by atoms with Crippen molar-refractivity contribution in [1.82, 2.24) is 9.88 Å². The highest BCUT2D eigenvalue weighted by molar-refractivity contribution is 5.90. The van der Waals surface area contributed by atoms with Crippen molar-refractivity contribution >= 4 is 17.8 Å². The molecular weight excluding hydrogens is 284 g/mol. The van der Waals surface area contributed by atoms with Crippen LogP contribution in [0.5, 0.6) is 0 Å². The summed E-state index contributed by atoms with van der Waals surface area (Å²) in [6.45, 7) is 3.61. The fraction of sp³-hybridized carbons (Fsp3) is 0.467. The van der Waals surface area contributed by atoms with Gasteiger partial charge in [-0.15, -0.1) is 0 Å². The molecule has 2 amide bonds. The zero-order chi connectivity index (χ0) is 15.7. The van der Waals surface area contributed by atoms with E-state index in [2.05, 4.69) is 4.98 Å². The lowest BCUT2D eigenvalue weighted by Gasteiger charge is -2.27. The Labute approximate surface area is 128 Å². The number of primary amides is 1. The molecule has 7 heteroatoms. The lowest BCUT2D eigenvalue weighted by molar-refractivity contribution is 0.235. The van der Waals surface area contributed by atoms with E-state index in [1.54, 1.807) is 6.20 Å². The number of nitrogens with zero attached hydrogens (tertiary/aromatic N) is 3. The fourth-order valence-corrected chi connectivity index (χ4v) is 2.90. The van der Waals surface area contributed by atoms with Gasteiger partial charge in [-0.1, -0.05) is 0 Å². The third kappa shape index (κ3) is 2.51. The molecule has 1 aromatic heterocycles. The number of aromatic nitrogens is 1. The standard InChI is InChI=1S/C15H18N4O3/c1-10-9-22-13(8-20)19(10)7-11-5-12-3-2-4-18(15(16)21)14(12)17-6-11/h5-6,10H,2-4,7,9H2,1H3,(H2,16,21). The molecule has 0 aliphatic carbocycles. The molecule has 3 heterocycles. The molecule has 0 aromatic carbocycles. The van der Waals surface area contributed by atoms with Crippen molar-refractivity contribution in [2.24, 2.45) is 5.73 Å². The summed E-state index contributed by atoms with van der Waals surface area (Å²) in [7, 11) is 0. The van der Waals surface area contributed by atoms with Gasteiger partial charge in [0.1, 0.15) is 12.4 Å². The summed E-state index contributed by atoms with van der Waals surface area (Å²) >= 11 is 0. The maximum Gasteiger partial charge on any atom is 0.320 e. The van der Waals surface area contributed by atoms with E-state index in [0.29, 0.717) is 25.5 Å². The molecule has 116 valence electrons. The van der Waals surface area contributed by atoms with E-state index in [4.69, 9.17) is 10.5 Å². The van der Waals surface area contributed by atoms with Crippen LogP contribution in [-0.2, 0) is 22.5 Å². The van der Waals surface area contributed by atoms with Crippen molar-refractivity contribution in [2.45, 2.75) is 32.4 Å². The predicted octanol–water partition coefficient (Wildman–Crippen LogP) is 0.807. The third-order valence-electron chi connectivity index (χ3n) is 4.04. The van der Waals surface area contributed by atoms with Gasteiger partial charge >= 0.3 is 6.03 Å². The van der Waals surface area contributed by atoms with Crippen LogP contribution in [0.2, 0.25) is 0 Å². The summed E-state index contributed by atoms with van der Waals surface area (Å²) in [6.07, 6.45) is 3.44. The second kappa shape index (κ2) is 5.69. The molecule has 1 saturated heterocycles. The summed E-state index contributed by atoms with van der Waals surface area (Å²) < 4.78 is 5.29. The Bertz CT molecular complexity index is 654. The summed E-state index contributed by atoms with van der Waals surface area (Å²) in [5, 5.41) is 0. The normalized spacial score (nSPS) is 20.4. The van der Waals surface area contributed by atoms with Gasteiger partial charge < -0.3 is 15.4 Å². The van der Waals surface area contributed by atoms with Crippen LogP contribution in [0.25, 0.3) is 0 Å². The van der Waals surface area contributed by atoms with Gasteiger partial charge in [0, 0.05) is 19.3 Å². The first kappa shape index (κ1) is 14.4. The van der Waals surface area contributed by atoms with Crippen molar-refractivity contribution in [3.05, 3.63) is 29.3 Å². The van der Waals surface area contributed by atoms with Crippen LogP contribution in [0.1, 0.15) is 24.5 Å². The minimum absolute atomic E-state index is 0.120. The number of fused-ring (bicyclic) bond motifs is 1. The molecule has 3 rings (SSSR count). The van der Waals surface area contributed by atoms with Gasteiger partial charge in [0.25, 0.3) is 5.88 Å². The van der Waals surface area contributed by atoms with Crippen LogP contribution in [0.4, 0.5) is 10.6 Å². The van der Waals surface area contributed by atoms with E-state index in [0.717, 1.165) is 24.0 Å². The lowest BCUT2D eigenvalue weighted by atomic mass is 10.0. The van der Waals surface area contributed by atoms with Gasteiger partial charge in [0.15, 0.2) is 5.94 Å². The Morgan fingerprint density at radius 1 is 1.59 bits per heavy atom. The number of carbonyl (C=O) groups excluding carboxylic acids is 2. The minimum atomic E-state index is -0.478. The smallest absolute Gasteiger partial charge is 0.320 e. The second-order valence-electron chi connectivity index (χ2n) is 5.61. The average Bonchev–Trinajstić information content (AvgIpc) is 2.86. The molecule has 2 N–H and O–H groups in total. The Balaban J connectivity index is 1.85. The van der Waals surface area contributed by atoms with E-state index in [1.165, 1.54) is 4.90 Å². The van der Waals surface area contributed by atoms with Gasteiger partial charge in [0.05, 0.1) is 6.04 Å². The van der Waals surface area contributed by atoms with Crippen molar-refractivity contribution in [2.75, 3.05) is 18.1 Å². The molecule has 0 bridgehead atoms. The summed E-state index contributed by atoms with van der Waals surface area (Å²) in [5.41, 5.74) is 7.36. The van der Waals surface area contributed by atoms with Crippen LogP contribution in [-0.4, -0.2) is 41.0 Å².